The fourth-order valence-corrected chi connectivity index (χ4v) is 1.19. The molecular formula is C10H11NO4. The molecule has 0 aliphatic carbocycles. The van der Waals surface area contributed by atoms with E-state index in [0.29, 0.717) is 5.56 Å². The standard InChI is InChI=1S/C10H11NO4/c11-15-6-9(12)5-7-2-1-3-8(4-7)10(13)14/h1-4H,5-6,11H2,(H,13,14). The molecule has 0 heterocycles. The maximum atomic E-state index is 11.1. The molecule has 5 heteroatoms. The van der Waals surface area contributed by atoms with Gasteiger partial charge in [-0.1, -0.05) is 12.1 Å². The Morgan fingerprint density at radius 3 is 2.73 bits per heavy atom. The Labute approximate surface area is 86.4 Å². The minimum absolute atomic E-state index is 0.123. The lowest BCUT2D eigenvalue weighted by atomic mass is 10.1. The van der Waals surface area contributed by atoms with E-state index in [4.69, 9.17) is 11.0 Å². The topological polar surface area (TPSA) is 89.6 Å². The van der Waals surface area contributed by atoms with Gasteiger partial charge in [-0.05, 0) is 17.7 Å². The van der Waals surface area contributed by atoms with Crippen molar-refractivity contribution in [2.75, 3.05) is 6.61 Å². The van der Waals surface area contributed by atoms with E-state index in [1.807, 2.05) is 0 Å². The van der Waals surface area contributed by atoms with E-state index in [9.17, 15) is 9.59 Å². The molecule has 1 aromatic carbocycles. The number of aromatic carboxylic acids is 1. The summed E-state index contributed by atoms with van der Waals surface area (Å²) in [6.45, 7) is -0.169. The maximum absolute atomic E-state index is 11.1. The molecule has 0 aliphatic heterocycles. The van der Waals surface area contributed by atoms with E-state index >= 15 is 0 Å². The van der Waals surface area contributed by atoms with Crippen molar-refractivity contribution in [3.05, 3.63) is 35.4 Å². The van der Waals surface area contributed by atoms with Crippen molar-refractivity contribution >= 4 is 11.8 Å². The molecule has 0 amide bonds. The molecule has 0 unspecified atom stereocenters. The van der Waals surface area contributed by atoms with Crippen LogP contribution in [0.5, 0.6) is 0 Å². The van der Waals surface area contributed by atoms with Crippen LogP contribution in [0.25, 0.3) is 0 Å². The predicted molar refractivity (Wildman–Crippen MR) is 52.3 cm³/mol. The Bertz CT molecular complexity index is 375. The monoisotopic (exact) mass is 209 g/mol. The molecule has 5 nitrogen and oxygen atoms in total. The first-order chi connectivity index (χ1) is 7.13. The zero-order valence-corrected chi connectivity index (χ0v) is 7.97. The van der Waals surface area contributed by atoms with E-state index in [0.717, 1.165) is 0 Å². The van der Waals surface area contributed by atoms with Crippen molar-refractivity contribution in [3.8, 4) is 0 Å². The molecule has 80 valence electrons. The van der Waals surface area contributed by atoms with Gasteiger partial charge in [0.05, 0.1) is 5.56 Å². The highest BCUT2D eigenvalue weighted by Crippen LogP contribution is 2.06. The smallest absolute Gasteiger partial charge is 0.335 e. The Morgan fingerprint density at radius 2 is 2.13 bits per heavy atom. The summed E-state index contributed by atoms with van der Waals surface area (Å²) in [5.74, 6) is 3.54. The highest BCUT2D eigenvalue weighted by Gasteiger charge is 2.06. The van der Waals surface area contributed by atoms with Crippen LogP contribution < -0.4 is 5.90 Å². The lowest BCUT2D eigenvalue weighted by molar-refractivity contribution is -0.123. The predicted octanol–water partition coefficient (Wildman–Crippen LogP) is 0.387. The second kappa shape index (κ2) is 5.23. The van der Waals surface area contributed by atoms with Gasteiger partial charge in [-0.25, -0.2) is 10.7 Å². The van der Waals surface area contributed by atoms with Crippen molar-refractivity contribution in [2.45, 2.75) is 6.42 Å². The van der Waals surface area contributed by atoms with Crippen molar-refractivity contribution in [1.82, 2.24) is 0 Å². The first-order valence-corrected chi connectivity index (χ1v) is 4.29. The third-order valence-corrected chi connectivity index (χ3v) is 1.82. The van der Waals surface area contributed by atoms with Crippen LogP contribution in [0, 0.1) is 0 Å². The number of hydrogen-bond donors (Lipinski definition) is 2. The normalized spacial score (nSPS) is 9.93. The fourth-order valence-electron chi connectivity index (χ4n) is 1.19. The largest absolute Gasteiger partial charge is 0.478 e. The van der Waals surface area contributed by atoms with E-state index in [-0.39, 0.29) is 24.4 Å². The Balaban J connectivity index is 2.73. The minimum Gasteiger partial charge on any atom is -0.478 e. The molecule has 0 radical (unpaired) electrons. The van der Waals surface area contributed by atoms with Gasteiger partial charge in [0.15, 0.2) is 5.78 Å². The summed E-state index contributed by atoms with van der Waals surface area (Å²) in [4.78, 5) is 26.0. The molecule has 1 aromatic rings. The molecule has 0 atom stereocenters. The maximum Gasteiger partial charge on any atom is 0.335 e. The number of rotatable bonds is 5. The van der Waals surface area contributed by atoms with Gasteiger partial charge in [0.1, 0.15) is 6.61 Å². The van der Waals surface area contributed by atoms with Gasteiger partial charge < -0.3 is 5.11 Å². The molecule has 15 heavy (non-hydrogen) atoms. The molecule has 0 spiro atoms. The molecular weight excluding hydrogens is 198 g/mol. The third kappa shape index (κ3) is 3.49. The number of ketones is 1. The van der Waals surface area contributed by atoms with Crippen LogP contribution in [0.15, 0.2) is 24.3 Å². The van der Waals surface area contributed by atoms with Gasteiger partial charge in [-0.15, -0.1) is 0 Å². The Hall–Kier alpha value is -1.72. The number of carboxylic acid groups (broad SMARTS) is 1. The second-order valence-electron chi connectivity index (χ2n) is 3.03. The zero-order chi connectivity index (χ0) is 11.3. The van der Waals surface area contributed by atoms with Crippen LogP contribution in [-0.2, 0) is 16.1 Å². The number of carbonyl (C=O) groups excluding carboxylic acids is 1. The highest BCUT2D eigenvalue weighted by molar-refractivity contribution is 5.88. The quantitative estimate of drug-likeness (QED) is 0.684. The van der Waals surface area contributed by atoms with Crippen molar-refractivity contribution in [1.29, 1.82) is 0 Å². The molecule has 0 saturated carbocycles. The van der Waals surface area contributed by atoms with E-state index in [1.54, 1.807) is 12.1 Å². The van der Waals surface area contributed by atoms with Gasteiger partial charge in [-0.2, -0.15) is 0 Å². The summed E-state index contributed by atoms with van der Waals surface area (Å²) >= 11 is 0. The number of hydrogen-bond acceptors (Lipinski definition) is 4. The van der Waals surface area contributed by atoms with E-state index < -0.39 is 5.97 Å². The van der Waals surface area contributed by atoms with E-state index in [2.05, 4.69) is 4.84 Å². The zero-order valence-electron chi connectivity index (χ0n) is 7.97. The van der Waals surface area contributed by atoms with Crippen molar-refractivity contribution in [3.63, 3.8) is 0 Å². The van der Waals surface area contributed by atoms with Gasteiger partial charge in [0.2, 0.25) is 0 Å². The van der Waals surface area contributed by atoms with Crippen LogP contribution in [0.4, 0.5) is 0 Å². The number of nitrogens with two attached hydrogens (primary N) is 1. The summed E-state index contributed by atoms with van der Waals surface area (Å²) in [5, 5.41) is 8.72. The first kappa shape index (κ1) is 11.4. The van der Waals surface area contributed by atoms with Crippen molar-refractivity contribution < 1.29 is 19.5 Å². The molecule has 0 fully saturated rings. The van der Waals surface area contributed by atoms with Crippen LogP contribution >= 0.6 is 0 Å². The number of carboxylic acids is 1. The third-order valence-electron chi connectivity index (χ3n) is 1.82. The lowest BCUT2D eigenvalue weighted by Crippen LogP contribution is -2.14. The van der Waals surface area contributed by atoms with Gasteiger partial charge in [0, 0.05) is 6.42 Å². The molecule has 3 N–H and O–H groups in total. The summed E-state index contributed by atoms with van der Waals surface area (Å²) in [5.41, 5.74) is 0.797. The average molecular weight is 209 g/mol. The number of carbonyl (C=O) groups is 2. The first-order valence-electron chi connectivity index (χ1n) is 4.29. The van der Waals surface area contributed by atoms with Crippen LogP contribution in [0.3, 0.4) is 0 Å². The minimum atomic E-state index is -1.01. The summed E-state index contributed by atoms with van der Waals surface area (Å²) in [7, 11) is 0. The summed E-state index contributed by atoms with van der Waals surface area (Å²) in [6.07, 6.45) is 0.123. The molecule has 1 rings (SSSR count). The fraction of sp³-hybridized carbons (Fsp3) is 0.200. The van der Waals surface area contributed by atoms with Gasteiger partial charge in [0.25, 0.3) is 0 Å². The van der Waals surface area contributed by atoms with Crippen molar-refractivity contribution in [2.24, 2.45) is 5.90 Å². The molecule has 0 aromatic heterocycles. The molecule has 0 bridgehead atoms. The van der Waals surface area contributed by atoms with Crippen LogP contribution in [0.1, 0.15) is 15.9 Å². The second-order valence-corrected chi connectivity index (χ2v) is 3.03. The Morgan fingerprint density at radius 1 is 1.40 bits per heavy atom. The highest BCUT2D eigenvalue weighted by atomic mass is 16.6. The van der Waals surface area contributed by atoms with Crippen LogP contribution in [0.2, 0.25) is 0 Å². The van der Waals surface area contributed by atoms with Gasteiger partial charge in [-0.3, -0.25) is 9.63 Å². The Kier molecular flexibility index (Phi) is 3.96. The number of Topliss-reactive ketones (excluding diaryl/α,β-unsaturated/α-hetero) is 1. The molecule has 0 aliphatic rings. The average Bonchev–Trinajstić information content (AvgIpc) is 2.18. The summed E-state index contributed by atoms with van der Waals surface area (Å²) < 4.78 is 0. The van der Waals surface area contributed by atoms with Gasteiger partial charge >= 0.3 is 5.97 Å². The van der Waals surface area contributed by atoms with Crippen LogP contribution in [-0.4, -0.2) is 23.5 Å². The lowest BCUT2D eigenvalue weighted by Gasteiger charge is -2.01. The molecule has 0 saturated heterocycles. The number of benzene rings is 1. The van der Waals surface area contributed by atoms with E-state index in [1.165, 1.54) is 12.1 Å². The summed E-state index contributed by atoms with van der Waals surface area (Å²) in [6, 6.07) is 6.20. The SMILES string of the molecule is NOCC(=O)Cc1cccc(C(=O)O)c1.